The zero-order valence-corrected chi connectivity index (χ0v) is 16.0. The van der Waals surface area contributed by atoms with Crippen LogP contribution in [0.3, 0.4) is 0 Å². The van der Waals surface area contributed by atoms with E-state index in [1.165, 1.54) is 11.6 Å². The lowest BCUT2D eigenvalue weighted by atomic mass is 10.2. The summed E-state index contributed by atoms with van der Waals surface area (Å²) in [5, 5.41) is 5.96. The fraction of sp³-hybridized carbons (Fsp3) is 0.333. The maximum absolute atomic E-state index is 12.7. The molecule has 0 bridgehead atoms. The highest BCUT2D eigenvalue weighted by molar-refractivity contribution is 5.72. The number of methoxy groups -OCH3 is 3. The number of benzene rings is 1. The second-order valence-electron chi connectivity index (χ2n) is 5.95. The van der Waals surface area contributed by atoms with E-state index in [9.17, 15) is 9.59 Å². The number of hydrogen-bond donors (Lipinski definition) is 2. The summed E-state index contributed by atoms with van der Waals surface area (Å²) in [4.78, 5) is 32.8. The summed E-state index contributed by atoms with van der Waals surface area (Å²) in [7, 11) is 4.41. The van der Waals surface area contributed by atoms with Crippen LogP contribution in [0, 0.1) is 6.92 Å². The first-order chi connectivity index (χ1) is 13.5. The minimum atomic E-state index is -0.509. The van der Waals surface area contributed by atoms with Crippen molar-refractivity contribution in [3.8, 4) is 11.5 Å². The molecule has 10 heteroatoms. The van der Waals surface area contributed by atoms with Gasteiger partial charge in [-0.2, -0.15) is 9.50 Å². The Hall–Kier alpha value is -3.56. The predicted octanol–water partition coefficient (Wildman–Crippen LogP) is 1.07. The third-order valence-corrected chi connectivity index (χ3v) is 4.27. The molecule has 148 valence electrons. The number of nitrogens with zero attached hydrogens (tertiary/aromatic N) is 3. The molecular weight excluding hydrogens is 366 g/mol. The summed E-state index contributed by atoms with van der Waals surface area (Å²) < 4.78 is 16.5. The number of nitrogens with one attached hydrogen (secondary N) is 2. The summed E-state index contributed by atoms with van der Waals surface area (Å²) >= 11 is 0. The number of aryl methyl sites for hydroxylation is 1. The Balaban J connectivity index is 1.89. The fourth-order valence-corrected chi connectivity index (χ4v) is 2.83. The quantitative estimate of drug-likeness (QED) is 0.578. The monoisotopic (exact) mass is 387 g/mol. The molecule has 2 N–H and O–H groups in total. The summed E-state index contributed by atoms with van der Waals surface area (Å²) in [6, 6.07) is 5.55. The number of para-hydroxylation sites is 1. The van der Waals surface area contributed by atoms with Crippen molar-refractivity contribution in [3.05, 3.63) is 45.4 Å². The van der Waals surface area contributed by atoms with Crippen LogP contribution in [0.2, 0.25) is 0 Å². The van der Waals surface area contributed by atoms with Gasteiger partial charge in [0, 0.05) is 12.1 Å². The zero-order chi connectivity index (χ0) is 20.3. The third kappa shape index (κ3) is 3.61. The highest BCUT2D eigenvalue weighted by Crippen LogP contribution is 2.30. The average molecular weight is 387 g/mol. The van der Waals surface area contributed by atoms with Gasteiger partial charge in [0.25, 0.3) is 11.3 Å². The molecule has 0 saturated carbocycles. The molecule has 0 amide bonds. The van der Waals surface area contributed by atoms with Crippen LogP contribution in [0.4, 0.5) is 5.95 Å². The van der Waals surface area contributed by atoms with Gasteiger partial charge >= 0.3 is 5.97 Å². The van der Waals surface area contributed by atoms with Gasteiger partial charge in [0.15, 0.2) is 11.5 Å². The van der Waals surface area contributed by atoms with Gasteiger partial charge in [-0.05, 0) is 13.0 Å². The predicted molar refractivity (Wildman–Crippen MR) is 101 cm³/mol. The Morgan fingerprint density at radius 2 is 2.00 bits per heavy atom. The molecule has 0 aliphatic rings. The van der Waals surface area contributed by atoms with Gasteiger partial charge in [0.1, 0.15) is 0 Å². The number of carbonyl (C=O) groups excluding carboxylic acids is 1. The van der Waals surface area contributed by atoms with Gasteiger partial charge in [0.05, 0.1) is 39.0 Å². The number of hydrogen-bond acceptors (Lipinski definition) is 8. The summed E-state index contributed by atoms with van der Waals surface area (Å²) in [6.45, 7) is 2.03. The highest BCUT2D eigenvalue weighted by atomic mass is 16.5. The van der Waals surface area contributed by atoms with Gasteiger partial charge in [-0.3, -0.25) is 14.7 Å². The van der Waals surface area contributed by atoms with Crippen molar-refractivity contribution in [1.82, 2.24) is 19.6 Å². The van der Waals surface area contributed by atoms with Crippen molar-refractivity contribution in [1.29, 1.82) is 0 Å². The lowest BCUT2D eigenvalue weighted by molar-refractivity contribution is -0.139. The molecule has 0 unspecified atom stereocenters. The maximum Gasteiger partial charge on any atom is 0.310 e. The fourth-order valence-electron chi connectivity index (χ4n) is 2.83. The van der Waals surface area contributed by atoms with E-state index in [2.05, 4.69) is 25.1 Å². The molecule has 28 heavy (non-hydrogen) atoms. The Labute approximate surface area is 160 Å². The summed E-state index contributed by atoms with van der Waals surface area (Å²) in [6.07, 6.45) is -0.153. The number of esters is 1. The smallest absolute Gasteiger partial charge is 0.310 e. The molecule has 0 aliphatic heterocycles. The molecule has 3 rings (SSSR count). The van der Waals surface area contributed by atoms with E-state index in [4.69, 9.17) is 9.47 Å². The first-order valence-corrected chi connectivity index (χ1v) is 8.47. The van der Waals surface area contributed by atoms with Crippen LogP contribution in [0.1, 0.15) is 16.8 Å². The number of H-pyrrole nitrogens is 1. The van der Waals surface area contributed by atoms with Crippen molar-refractivity contribution < 1.29 is 19.0 Å². The molecular formula is C18H21N5O5. The molecule has 3 aromatic rings. The first kappa shape index (κ1) is 19.2. The minimum absolute atomic E-state index is 0.153. The van der Waals surface area contributed by atoms with Crippen molar-refractivity contribution in [3.63, 3.8) is 0 Å². The Bertz CT molecular complexity index is 1070. The molecule has 2 heterocycles. The van der Waals surface area contributed by atoms with Crippen molar-refractivity contribution in [2.75, 3.05) is 26.6 Å². The number of ether oxygens (including phenoxy) is 3. The Kier molecular flexibility index (Phi) is 5.48. The maximum atomic E-state index is 12.7. The molecule has 1 aromatic carbocycles. The van der Waals surface area contributed by atoms with Crippen LogP contribution >= 0.6 is 0 Å². The van der Waals surface area contributed by atoms with Crippen LogP contribution in [0.25, 0.3) is 5.78 Å². The second kappa shape index (κ2) is 7.99. The number of rotatable bonds is 7. The first-order valence-electron chi connectivity index (χ1n) is 8.47. The van der Waals surface area contributed by atoms with E-state index in [1.54, 1.807) is 27.2 Å². The summed E-state index contributed by atoms with van der Waals surface area (Å²) in [5.41, 5.74) is 1.15. The van der Waals surface area contributed by atoms with Crippen LogP contribution in [0.5, 0.6) is 11.5 Å². The molecule has 0 atom stereocenters. The molecule has 0 fully saturated rings. The normalized spacial score (nSPS) is 10.7. The van der Waals surface area contributed by atoms with E-state index >= 15 is 0 Å². The molecule has 10 nitrogen and oxygen atoms in total. The SMILES string of the molecule is COC(=O)Cc1c(C)nc2nc(NCc3cccc(OC)c3OC)[nH]n2c1=O. The molecule has 0 saturated heterocycles. The average Bonchev–Trinajstić information content (AvgIpc) is 3.11. The van der Waals surface area contributed by atoms with E-state index in [0.29, 0.717) is 29.7 Å². The van der Waals surface area contributed by atoms with E-state index in [0.717, 1.165) is 5.56 Å². The van der Waals surface area contributed by atoms with Crippen molar-refractivity contribution in [2.45, 2.75) is 19.9 Å². The molecule has 0 aliphatic carbocycles. The van der Waals surface area contributed by atoms with Gasteiger partial charge < -0.3 is 19.5 Å². The molecule has 2 aromatic heterocycles. The lowest BCUT2D eigenvalue weighted by Gasteiger charge is -2.12. The topological polar surface area (TPSA) is 120 Å². The zero-order valence-electron chi connectivity index (χ0n) is 16.0. The van der Waals surface area contributed by atoms with Crippen LogP contribution in [-0.4, -0.2) is 46.9 Å². The van der Waals surface area contributed by atoms with Crippen LogP contribution < -0.4 is 20.3 Å². The number of anilines is 1. The molecule has 0 radical (unpaired) electrons. The van der Waals surface area contributed by atoms with Crippen LogP contribution in [-0.2, 0) is 22.5 Å². The number of aromatic nitrogens is 4. The van der Waals surface area contributed by atoms with E-state index < -0.39 is 11.5 Å². The van der Waals surface area contributed by atoms with E-state index in [1.807, 2.05) is 12.1 Å². The summed E-state index contributed by atoms with van der Waals surface area (Å²) in [5.74, 6) is 1.28. The van der Waals surface area contributed by atoms with Gasteiger partial charge in [-0.1, -0.05) is 12.1 Å². The second-order valence-corrected chi connectivity index (χ2v) is 5.95. The highest BCUT2D eigenvalue weighted by Gasteiger charge is 2.17. The lowest BCUT2D eigenvalue weighted by Crippen LogP contribution is -2.24. The number of carbonyl (C=O) groups is 1. The third-order valence-electron chi connectivity index (χ3n) is 4.27. The van der Waals surface area contributed by atoms with Crippen molar-refractivity contribution in [2.24, 2.45) is 0 Å². The van der Waals surface area contributed by atoms with Gasteiger partial charge in [-0.15, -0.1) is 0 Å². The Morgan fingerprint density at radius 3 is 2.68 bits per heavy atom. The van der Waals surface area contributed by atoms with Crippen LogP contribution in [0.15, 0.2) is 23.0 Å². The molecule has 0 spiro atoms. The van der Waals surface area contributed by atoms with Gasteiger partial charge in [0.2, 0.25) is 5.95 Å². The number of aromatic amines is 1. The van der Waals surface area contributed by atoms with Crippen molar-refractivity contribution >= 4 is 17.7 Å². The van der Waals surface area contributed by atoms with E-state index in [-0.39, 0.29) is 17.8 Å². The Morgan fingerprint density at radius 1 is 1.21 bits per heavy atom. The largest absolute Gasteiger partial charge is 0.493 e. The van der Waals surface area contributed by atoms with Gasteiger partial charge in [-0.25, -0.2) is 4.98 Å². The number of fused-ring (bicyclic) bond motifs is 1. The standard InChI is InChI=1S/C18H21N5O5/c1-10-12(8-14(24)27-3)16(25)23-18(20-10)21-17(22-23)19-9-11-6-5-7-13(26-2)15(11)28-4/h5-7H,8-9H2,1-4H3,(H2,19,20,21,22). The minimum Gasteiger partial charge on any atom is -0.493 e.